The van der Waals surface area contributed by atoms with E-state index in [2.05, 4.69) is 27.7 Å². The van der Waals surface area contributed by atoms with E-state index in [0.29, 0.717) is 0 Å². The van der Waals surface area contributed by atoms with E-state index in [9.17, 15) is 0 Å². The zero-order chi connectivity index (χ0) is 29.2. The highest BCUT2D eigenvalue weighted by atomic mass is 15.3. The summed E-state index contributed by atoms with van der Waals surface area (Å²) in [6.45, 7) is 15.2. The Kier molecular flexibility index (Phi) is 38.1. The molecular weight excluding hydrogens is 493 g/mol. The molecule has 2 heteroatoms. The first-order valence-corrected chi connectivity index (χ1v) is 19.6. The zero-order valence-corrected chi connectivity index (χ0v) is 29.8. The van der Waals surface area contributed by atoms with Crippen LogP contribution in [0.4, 0.5) is 0 Å². The topological polar surface area (TPSA) is 0 Å². The number of quaternary nitrogens is 1. The van der Waals surface area contributed by atoms with Crippen molar-refractivity contribution < 1.29 is 4.48 Å². The molecule has 0 aliphatic heterocycles. The summed E-state index contributed by atoms with van der Waals surface area (Å²) in [4.78, 5) is 0. The van der Waals surface area contributed by atoms with Gasteiger partial charge in [-0.3, -0.25) is 0 Å². The summed E-state index contributed by atoms with van der Waals surface area (Å²) < 4.78 is 1.44. The van der Waals surface area contributed by atoms with Gasteiger partial charge in [0, 0.05) is 8.41 Å². The van der Waals surface area contributed by atoms with Crippen LogP contribution in [0.5, 0.6) is 0 Å². The average Bonchev–Trinajstić information content (AvgIpc) is 2.97. The predicted octanol–water partition coefficient (Wildman–Crippen LogP) is 13.6. The van der Waals surface area contributed by atoms with Crippen LogP contribution in [-0.2, 0) is 0 Å². The second kappa shape index (κ2) is 36.2. The quantitative estimate of drug-likeness (QED) is 0.0400. The minimum atomic E-state index is 0. The number of rotatable bonds is 35. The molecule has 0 bridgehead atoms. The van der Waals surface area contributed by atoms with E-state index in [1.54, 1.807) is 0 Å². The molecule has 0 fully saturated rings. The molecule has 0 saturated heterocycles. The predicted molar refractivity (Wildman–Crippen MR) is 191 cm³/mol. The van der Waals surface area contributed by atoms with Crippen LogP contribution in [0.15, 0.2) is 0 Å². The third-order valence-corrected chi connectivity index (χ3v) is 9.88. The van der Waals surface area contributed by atoms with Crippen LogP contribution in [0.1, 0.15) is 227 Å². The third-order valence-electron chi connectivity index (χ3n) is 9.88. The van der Waals surface area contributed by atoms with E-state index in [1.165, 1.54) is 230 Å². The molecule has 0 atom stereocenters. The molecule has 0 heterocycles. The highest BCUT2D eigenvalue weighted by Crippen LogP contribution is 2.19. The SMILES string of the molecule is CCCCCCCCCCCCCC[N+](CC)(CCCCCCCCC)CCCCCCCCCCCCCC.[B]. The molecule has 0 N–H and O–H groups in total. The number of unbranched alkanes of at least 4 members (excludes halogenated alkanes) is 28. The summed E-state index contributed by atoms with van der Waals surface area (Å²) in [7, 11) is 0. The van der Waals surface area contributed by atoms with Gasteiger partial charge in [-0.05, 0) is 45.4 Å². The Morgan fingerprint density at radius 2 is 0.415 bits per heavy atom. The first-order valence-electron chi connectivity index (χ1n) is 19.6. The molecule has 0 aromatic carbocycles. The fourth-order valence-corrected chi connectivity index (χ4v) is 6.79. The van der Waals surface area contributed by atoms with Crippen LogP contribution in [0.3, 0.4) is 0 Å². The molecular formula is C39H82BN+. The molecule has 0 spiro atoms. The lowest BCUT2D eigenvalue weighted by atomic mass is 10.0. The number of hydrogen-bond donors (Lipinski definition) is 0. The molecule has 41 heavy (non-hydrogen) atoms. The Morgan fingerprint density at radius 3 is 0.585 bits per heavy atom. The second-order valence-electron chi connectivity index (χ2n) is 13.7. The maximum Gasteiger partial charge on any atom is 0.0786 e. The Balaban J connectivity index is 0. The molecule has 3 radical (unpaired) electrons. The van der Waals surface area contributed by atoms with Crippen LogP contribution in [-0.4, -0.2) is 39.1 Å². The molecule has 0 rings (SSSR count). The van der Waals surface area contributed by atoms with Crippen LogP contribution in [0, 0.1) is 0 Å². The van der Waals surface area contributed by atoms with Crippen molar-refractivity contribution in [3.8, 4) is 0 Å². The van der Waals surface area contributed by atoms with Crippen molar-refractivity contribution in [3.05, 3.63) is 0 Å². The molecule has 0 aromatic heterocycles. The van der Waals surface area contributed by atoms with Gasteiger partial charge in [0.25, 0.3) is 0 Å². The van der Waals surface area contributed by atoms with Gasteiger partial charge in [-0.2, -0.15) is 0 Å². The molecule has 0 amide bonds. The molecule has 0 aliphatic carbocycles. The molecule has 0 saturated carbocycles. The summed E-state index contributed by atoms with van der Waals surface area (Å²) in [5.41, 5.74) is 0. The Hall–Kier alpha value is 0.0249. The Morgan fingerprint density at radius 1 is 0.244 bits per heavy atom. The van der Waals surface area contributed by atoms with E-state index in [4.69, 9.17) is 0 Å². The van der Waals surface area contributed by atoms with Gasteiger partial charge in [-0.25, -0.2) is 0 Å². The number of hydrogen-bond acceptors (Lipinski definition) is 0. The minimum Gasteiger partial charge on any atom is -0.324 e. The maximum atomic E-state index is 2.50. The summed E-state index contributed by atoms with van der Waals surface area (Å²) in [5.74, 6) is 0. The van der Waals surface area contributed by atoms with Crippen molar-refractivity contribution in [3.63, 3.8) is 0 Å². The van der Waals surface area contributed by atoms with Gasteiger partial charge in [0.1, 0.15) is 0 Å². The van der Waals surface area contributed by atoms with Crippen molar-refractivity contribution >= 4 is 8.41 Å². The van der Waals surface area contributed by atoms with E-state index in [-0.39, 0.29) is 8.41 Å². The van der Waals surface area contributed by atoms with Gasteiger partial charge in [-0.1, -0.05) is 181 Å². The third kappa shape index (κ3) is 31.3. The second-order valence-corrected chi connectivity index (χ2v) is 13.7. The first-order chi connectivity index (χ1) is 19.7. The summed E-state index contributed by atoms with van der Waals surface area (Å²) in [6.07, 6.45) is 45.3. The van der Waals surface area contributed by atoms with Crippen LogP contribution in [0.2, 0.25) is 0 Å². The highest BCUT2D eigenvalue weighted by molar-refractivity contribution is 5.75. The zero-order valence-electron chi connectivity index (χ0n) is 29.8. The standard InChI is InChI=1S/C39H82N.B/c1-5-9-12-15-18-20-22-24-26-29-32-35-38-40(8-4,37-34-31-28-17-14-11-7-3)39-36-33-30-27-25-23-21-19-16-13-10-6-2;/h5-39H2,1-4H3;/q+1;. The summed E-state index contributed by atoms with van der Waals surface area (Å²) in [5, 5.41) is 0. The fraction of sp³-hybridized carbons (Fsp3) is 1.00. The van der Waals surface area contributed by atoms with E-state index in [1.807, 2.05) is 0 Å². The van der Waals surface area contributed by atoms with E-state index >= 15 is 0 Å². The Bertz CT molecular complexity index is 423. The molecule has 0 unspecified atom stereocenters. The smallest absolute Gasteiger partial charge is 0.0786 e. The highest BCUT2D eigenvalue weighted by Gasteiger charge is 2.23. The van der Waals surface area contributed by atoms with Crippen molar-refractivity contribution in [2.45, 2.75) is 227 Å². The lowest BCUT2D eigenvalue weighted by molar-refractivity contribution is -0.927. The normalized spacial score (nSPS) is 11.7. The lowest BCUT2D eigenvalue weighted by Crippen LogP contribution is -2.50. The summed E-state index contributed by atoms with van der Waals surface area (Å²) >= 11 is 0. The van der Waals surface area contributed by atoms with Crippen LogP contribution in [0.25, 0.3) is 0 Å². The molecule has 1 nitrogen and oxygen atoms in total. The monoisotopic (exact) mass is 576 g/mol. The maximum absolute atomic E-state index is 2.50. The Labute approximate surface area is 265 Å². The van der Waals surface area contributed by atoms with Gasteiger partial charge >= 0.3 is 0 Å². The van der Waals surface area contributed by atoms with Crippen molar-refractivity contribution in [1.29, 1.82) is 0 Å². The summed E-state index contributed by atoms with van der Waals surface area (Å²) in [6, 6.07) is 0. The van der Waals surface area contributed by atoms with Gasteiger partial charge < -0.3 is 4.48 Å². The van der Waals surface area contributed by atoms with Gasteiger partial charge in [-0.15, -0.1) is 0 Å². The minimum absolute atomic E-state index is 0. The fourth-order valence-electron chi connectivity index (χ4n) is 6.79. The van der Waals surface area contributed by atoms with Gasteiger partial charge in [0.05, 0.1) is 26.2 Å². The first kappa shape index (κ1) is 43.2. The van der Waals surface area contributed by atoms with Crippen LogP contribution < -0.4 is 0 Å². The molecule has 0 aliphatic rings. The largest absolute Gasteiger partial charge is 0.324 e. The lowest BCUT2D eigenvalue weighted by Gasteiger charge is -2.38. The van der Waals surface area contributed by atoms with Crippen molar-refractivity contribution in [2.24, 2.45) is 0 Å². The van der Waals surface area contributed by atoms with Gasteiger partial charge in [0.15, 0.2) is 0 Å². The molecule has 0 aromatic rings. The van der Waals surface area contributed by atoms with Crippen molar-refractivity contribution in [2.75, 3.05) is 26.2 Å². The average molecular weight is 576 g/mol. The van der Waals surface area contributed by atoms with E-state index in [0.717, 1.165) is 0 Å². The molecule has 245 valence electrons. The number of nitrogens with zero attached hydrogens (tertiary/aromatic N) is 1. The van der Waals surface area contributed by atoms with E-state index < -0.39 is 0 Å². The van der Waals surface area contributed by atoms with Gasteiger partial charge in [0.2, 0.25) is 0 Å². The van der Waals surface area contributed by atoms with Crippen LogP contribution >= 0.6 is 0 Å². The van der Waals surface area contributed by atoms with Crippen molar-refractivity contribution in [1.82, 2.24) is 0 Å².